The number of ketones is 1. The van der Waals surface area contributed by atoms with E-state index in [1.54, 1.807) is 7.11 Å². The zero-order chi connectivity index (χ0) is 16.3. The fourth-order valence-electron chi connectivity index (χ4n) is 6.13. The Balaban J connectivity index is 1.46. The van der Waals surface area contributed by atoms with Gasteiger partial charge in [-0.05, 0) is 74.5 Å². The van der Waals surface area contributed by atoms with Crippen LogP contribution in [0.25, 0.3) is 6.08 Å². The Hall–Kier alpha value is -1.77. The van der Waals surface area contributed by atoms with Crippen molar-refractivity contribution in [3.63, 3.8) is 0 Å². The van der Waals surface area contributed by atoms with E-state index in [0.717, 1.165) is 59.7 Å². The highest BCUT2D eigenvalue weighted by molar-refractivity contribution is 6.04. The molecule has 4 bridgehead atoms. The summed E-state index contributed by atoms with van der Waals surface area (Å²) in [5.41, 5.74) is 1.79. The molecule has 1 heterocycles. The number of ether oxygens (including phenoxy) is 2. The first kappa shape index (κ1) is 14.6. The van der Waals surface area contributed by atoms with Crippen LogP contribution in [0, 0.1) is 23.2 Å². The molecule has 4 aliphatic carbocycles. The minimum absolute atomic E-state index is 0.0755. The molecule has 4 fully saturated rings. The van der Waals surface area contributed by atoms with E-state index < -0.39 is 0 Å². The van der Waals surface area contributed by atoms with Crippen LogP contribution in [0.4, 0.5) is 0 Å². The van der Waals surface area contributed by atoms with Crippen LogP contribution in [0.15, 0.2) is 23.8 Å². The summed E-state index contributed by atoms with van der Waals surface area (Å²) in [5.74, 6) is 4.36. The van der Waals surface area contributed by atoms with Gasteiger partial charge in [0.1, 0.15) is 18.1 Å². The third kappa shape index (κ3) is 2.13. The van der Waals surface area contributed by atoms with Gasteiger partial charge in [-0.2, -0.15) is 0 Å². The van der Waals surface area contributed by atoms with Gasteiger partial charge in [0.25, 0.3) is 0 Å². The van der Waals surface area contributed by atoms with Gasteiger partial charge < -0.3 is 9.47 Å². The van der Waals surface area contributed by atoms with Crippen molar-refractivity contribution in [1.29, 1.82) is 0 Å². The molecule has 1 aromatic rings. The monoisotopic (exact) mass is 324 g/mol. The molecule has 6 rings (SSSR count). The van der Waals surface area contributed by atoms with Gasteiger partial charge in [0.05, 0.1) is 7.11 Å². The summed E-state index contributed by atoms with van der Waals surface area (Å²) in [4.78, 5) is 13.4. The van der Waals surface area contributed by atoms with Gasteiger partial charge >= 0.3 is 0 Å². The van der Waals surface area contributed by atoms with Gasteiger partial charge in [-0.15, -0.1) is 0 Å². The molecule has 0 aromatic heterocycles. The highest BCUT2D eigenvalue weighted by Crippen LogP contribution is 2.61. The number of Topliss-reactive ketones (excluding diaryl/α,β-unsaturated/α-hetero) is 1. The lowest BCUT2D eigenvalue weighted by Gasteiger charge is -2.56. The van der Waals surface area contributed by atoms with E-state index in [1.807, 2.05) is 18.2 Å². The number of hydrogen-bond acceptors (Lipinski definition) is 3. The van der Waals surface area contributed by atoms with Crippen LogP contribution < -0.4 is 9.47 Å². The smallest absolute Gasteiger partial charge is 0.168 e. The van der Waals surface area contributed by atoms with Gasteiger partial charge in [-0.1, -0.05) is 0 Å². The predicted octanol–water partition coefficient (Wildman–Crippen LogP) is 4.26. The quantitative estimate of drug-likeness (QED) is 0.833. The Morgan fingerprint density at radius 3 is 2.42 bits per heavy atom. The van der Waals surface area contributed by atoms with Crippen LogP contribution in [0.2, 0.25) is 0 Å². The zero-order valence-electron chi connectivity index (χ0n) is 14.2. The lowest BCUT2D eigenvalue weighted by molar-refractivity contribution is -0.140. The molecule has 126 valence electrons. The second-order valence-corrected chi connectivity index (χ2v) is 8.39. The van der Waals surface area contributed by atoms with Crippen molar-refractivity contribution in [2.45, 2.75) is 38.5 Å². The van der Waals surface area contributed by atoms with Crippen molar-refractivity contribution in [3.8, 4) is 11.5 Å². The van der Waals surface area contributed by atoms with Gasteiger partial charge in [-0.3, -0.25) is 4.79 Å². The molecule has 0 saturated heterocycles. The Morgan fingerprint density at radius 1 is 1.12 bits per heavy atom. The summed E-state index contributed by atoms with van der Waals surface area (Å²) in [5, 5.41) is 0. The summed E-state index contributed by atoms with van der Waals surface area (Å²) in [6.07, 6.45) is 9.50. The van der Waals surface area contributed by atoms with E-state index in [-0.39, 0.29) is 5.41 Å². The van der Waals surface area contributed by atoms with Crippen molar-refractivity contribution in [2.75, 3.05) is 13.7 Å². The van der Waals surface area contributed by atoms with E-state index >= 15 is 0 Å². The maximum atomic E-state index is 13.4. The number of rotatable bonds is 3. The number of carbonyl (C=O) groups excluding carboxylic acids is 1. The standard InChI is InChI=1S/C21H24O3/c1-23-18-3-2-16-7-17(12-24-19(16)8-18)20(22)21-9-13-4-14(10-21)6-15(5-13)11-21/h2-3,7-8,13-15H,4-6,9-12H2,1H3. The average Bonchev–Trinajstić information content (AvgIpc) is 2.59. The van der Waals surface area contributed by atoms with Crippen molar-refractivity contribution in [1.82, 2.24) is 0 Å². The molecule has 0 atom stereocenters. The third-order valence-corrected chi connectivity index (χ3v) is 6.75. The summed E-state index contributed by atoms with van der Waals surface area (Å²) < 4.78 is 11.1. The summed E-state index contributed by atoms with van der Waals surface area (Å²) in [7, 11) is 1.66. The van der Waals surface area contributed by atoms with Crippen molar-refractivity contribution in [2.24, 2.45) is 23.2 Å². The molecule has 0 spiro atoms. The largest absolute Gasteiger partial charge is 0.497 e. The van der Waals surface area contributed by atoms with Crippen LogP contribution in [-0.4, -0.2) is 19.5 Å². The van der Waals surface area contributed by atoms with Gasteiger partial charge in [0.2, 0.25) is 0 Å². The first-order chi connectivity index (χ1) is 11.6. The molecule has 0 N–H and O–H groups in total. The van der Waals surface area contributed by atoms with Crippen molar-refractivity contribution >= 4 is 11.9 Å². The minimum Gasteiger partial charge on any atom is -0.497 e. The second-order valence-electron chi connectivity index (χ2n) is 8.39. The minimum atomic E-state index is -0.0755. The highest BCUT2D eigenvalue weighted by Gasteiger charge is 2.54. The Bertz CT molecular complexity index is 695. The molecule has 3 nitrogen and oxygen atoms in total. The SMILES string of the molecule is COc1ccc2c(c1)OCC(C(=O)C13CC4CC(CC(C4)C1)C3)=C2. The Labute approximate surface area is 143 Å². The summed E-state index contributed by atoms with van der Waals surface area (Å²) in [6.45, 7) is 0.404. The Morgan fingerprint density at radius 2 is 1.79 bits per heavy atom. The van der Waals surface area contributed by atoms with Crippen LogP contribution in [-0.2, 0) is 4.79 Å². The fourth-order valence-corrected chi connectivity index (χ4v) is 6.13. The molecule has 0 radical (unpaired) electrons. The van der Waals surface area contributed by atoms with E-state index in [0.29, 0.717) is 12.4 Å². The van der Waals surface area contributed by atoms with Gasteiger partial charge in [-0.25, -0.2) is 0 Å². The van der Waals surface area contributed by atoms with Crippen LogP contribution in [0.1, 0.15) is 44.1 Å². The van der Waals surface area contributed by atoms with Crippen LogP contribution in [0.5, 0.6) is 11.5 Å². The lowest BCUT2D eigenvalue weighted by atomic mass is 9.48. The number of fused-ring (bicyclic) bond motifs is 1. The molecule has 4 saturated carbocycles. The fraction of sp³-hybridized carbons (Fsp3) is 0.571. The summed E-state index contributed by atoms with van der Waals surface area (Å²) in [6, 6.07) is 5.81. The average molecular weight is 324 g/mol. The first-order valence-corrected chi connectivity index (χ1v) is 9.21. The second kappa shape index (κ2) is 5.11. The maximum Gasteiger partial charge on any atom is 0.168 e. The number of carbonyl (C=O) groups is 1. The predicted molar refractivity (Wildman–Crippen MR) is 92.1 cm³/mol. The molecular weight excluding hydrogens is 300 g/mol. The molecule has 0 unspecified atom stereocenters. The molecule has 3 heteroatoms. The van der Waals surface area contributed by atoms with E-state index in [2.05, 4.69) is 6.08 Å². The molecular formula is C21H24O3. The van der Waals surface area contributed by atoms with Crippen molar-refractivity contribution < 1.29 is 14.3 Å². The number of hydrogen-bond donors (Lipinski definition) is 0. The van der Waals surface area contributed by atoms with Gasteiger partial charge in [0, 0.05) is 22.6 Å². The normalized spacial score (nSPS) is 35.9. The molecule has 24 heavy (non-hydrogen) atoms. The zero-order valence-corrected chi connectivity index (χ0v) is 14.2. The van der Waals surface area contributed by atoms with E-state index in [9.17, 15) is 4.79 Å². The lowest BCUT2D eigenvalue weighted by Crippen LogP contribution is -2.50. The highest BCUT2D eigenvalue weighted by atomic mass is 16.5. The maximum absolute atomic E-state index is 13.4. The molecule has 0 amide bonds. The van der Waals surface area contributed by atoms with Crippen molar-refractivity contribution in [3.05, 3.63) is 29.3 Å². The summed E-state index contributed by atoms with van der Waals surface area (Å²) >= 11 is 0. The number of methoxy groups -OCH3 is 1. The number of benzene rings is 1. The first-order valence-electron chi connectivity index (χ1n) is 9.21. The van der Waals surface area contributed by atoms with E-state index in [4.69, 9.17) is 9.47 Å². The van der Waals surface area contributed by atoms with Gasteiger partial charge in [0.15, 0.2) is 5.78 Å². The third-order valence-electron chi connectivity index (χ3n) is 6.75. The Kier molecular flexibility index (Phi) is 3.10. The molecule has 5 aliphatic rings. The topological polar surface area (TPSA) is 35.5 Å². The van der Waals surface area contributed by atoms with Crippen LogP contribution >= 0.6 is 0 Å². The molecule has 1 aromatic carbocycles. The van der Waals surface area contributed by atoms with E-state index in [1.165, 1.54) is 19.3 Å². The molecule has 1 aliphatic heterocycles. The van der Waals surface area contributed by atoms with Crippen LogP contribution in [0.3, 0.4) is 0 Å².